The van der Waals surface area contributed by atoms with Gasteiger partial charge in [0.25, 0.3) is 5.91 Å². The summed E-state index contributed by atoms with van der Waals surface area (Å²) in [6.45, 7) is 1.88. The van der Waals surface area contributed by atoms with Gasteiger partial charge in [-0.3, -0.25) is 4.79 Å². The number of methoxy groups -OCH3 is 1. The number of carbonyl (C=O) groups excluding carboxylic acids is 1. The van der Waals surface area contributed by atoms with Crippen LogP contribution in [0.4, 0.5) is 5.69 Å². The van der Waals surface area contributed by atoms with Crippen molar-refractivity contribution in [1.82, 2.24) is 0 Å². The molecule has 2 aromatic carbocycles. The van der Waals surface area contributed by atoms with E-state index in [9.17, 15) is 9.90 Å². The molecule has 0 fully saturated rings. The lowest BCUT2D eigenvalue weighted by molar-refractivity contribution is -0.125. The van der Waals surface area contributed by atoms with Crippen molar-refractivity contribution in [3.8, 4) is 11.5 Å². The molecule has 0 aromatic heterocycles. The molecule has 0 saturated heterocycles. The summed E-state index contributed by atoms with van der Waals surface area (Å²) in [7, 11) is 1.60. The fourth-order valence-electron chi connectivity index (χ4n) is 2.44. The predicted molar refractivity (Wildman–Crippen MR) is 90.5 cm³/mol. The van der Waals surface area contributed by atoms with Gasteiger partial charge in [-0.1, -0.05) is 11.2 Å². The van der Waals surface area contributed by atoms with Gasteiger partial charge in [0, 0.05) is 6.42 Å². The van der Waals surface area contributed by atoms with Crippen molar-refractivity contribution in [1.29, 1.82) is 0 Å². The number of hydrogen-bond acceptors (Lipinski definition) is 5. The van der Waals surface area contributed by atoms with E-state index < -0.39 is 6.10 Å². The zero-order chi connectivity index (χ0) is 17.1. The predicted octanol–water partition coefficient (Wildman–Crippen LogP) is 2.84. The molecule has 0 aliphatic carbocycles. The van der Waals surface area contributed by atoms with Crippen molar-refractivity contribution < 1.29 is 19.5 Å². The summed E-state index contributed by atoms with van der Waals surface area (Å²) >= 11 is 0. The van der Waals surface area contributed by atoms with Crippen LogP contribution in [0.3, 0.4) is 0 Å². The Morgan fingerprint density at radius 1 is 1.29 bits per heavy atom. The third-order valence-corrected chi connectivity index (χ3v) is 3.79. The van der Waals surface area contributed by atoms with E-state index in [2.05, 4.69) is 10.5 Å². The highest BCUT2D eigenvalue weighted by Gasteiger charge is 2.29. The van der Waals surface area contributed by atoms with Crippen LogP contribution in [0.2, 0.25) is 0 Å². The van der Waals surface area contributed by atoms with Gasteiger partial charge < -0.3 is 20.0 Å². The Morgan fingerprint density at radius 2 is 2.04 bits per heavy atom. The van der Waals surface area contributed by atoms with E-state index in [-0.39, 0.29) is 11.7 Å². The minimum Gasteiger partial charge on any atom is -0.506 e. The molecule has 0 radical (unpaired) electrons. The molecular weight excluding hydrogens is 308 g/mol. The Morgan fingerprint density at radius 3 is 2.75 bits per heavy atom. The second kappa shape index (κ2) is 6.62. The maximum Gasteiger partial charge on any atom is 0.268 e. The second-order valence-electron chi connectivity index (χ2n) is 5.57. The van der Waals surface area contributed by atoms with E-state index in [1.165, 1.54) is 0 Å². The van der Waals surface area contributed by atoms with Crippen molar-refractivity contribution in [2.45, 2.75) is 19.4 Å². The first-order valence-electron chi connectivity index (χ1n) is 7.54. The number of carbonyl (C=O) groups is 1. The lowest BCUT2D eigenvalue weighted by Crippen LogP contribution is -2.28. The van der Waals surface area contributed by atoms with E-state index in [4.69, 9.17) is 9.57 Å². The first-order chi connectivity index (χ1) is 11.6. The SMILES string of the molecule is COc1ccc(C2=NO[C@@H](C(=O)Nc3cc(C)ccc3O)C2)cc1. The van der Waals surface area contributed by atoms with Crippen molar-refractivity contribution in [2.24, 2.45) is 5.16 Å². The summed E-state index contributed by atoms with van der Waals surface area (Å²) in [6, 6.07) is 12.4. The quantitative estimate of drug-likeness (QED) is 0.847. The molecule has 6 heteroatoms. The van der Waals surface area contributed by atoms with Gasteiger partial charge in [-0.15, -0.1) is 0 Å². The number of hydrogen-bond donors (Lipinski definition) is 2. The number of aromatic hydroxyl groups is 1. The lowest BCUT2D eigenvalue weighted by atomic mass is 10.0. The fraction of sp³-hybridized carbons (Fsp3) is 0.222. The first-order valence-corrected chi connectivity index (χ1v) is 7.54. The van der Waals surface area contributed by atoms with Gasteiger partial charge in [0.15, 0.2) is 0 Å². The highest BCUT2D eigenvalue weighted by atomic mass is 16.6. The minimum atomic E-state index is -0.720. The molecule has 6 nitrogen and oxygen atoms in total. The number of nitrogens with zero attached hydrogens (tertiary/aromatic N) is 1. The standard InChI is InChI=1S/C18H18N2O4/c1-11-3-8-16(21)15(9-11)19-18(22)17-10-14(20-24-17)12-4-6-13(23-2)7-5-12/h3-9,17,21H,10H2,1-2H3,(H,19,22)/t17-/m1/s1. The van der Waals surface area contributed by atoms with Gasteiger partial charge in [-0.05, 0) is 54.4 Å². The van der Waals surface area contributed by atoms with Crippen LogP contribution in [0.5, 0.6) is 11.5 Å². The molecule has 0 unspecified atom stereocenters. The van der Waals surface area contributed by atoms with Gasteiger partial charge in [0.1, 0.15) is 11.5 Å². The van der Waals surface area contributed by atoms with Gasteiger partial charge in [0.05, 0.1) is 18.5 Å². The highest BCUT2D eigenvalue weighted by Crippen LogP contribution is 2.25. The van der Waals surface area contributed by atoms with Crippen LogP contribution in [0, 0.1) is 6.92 Å². The Kier molecular flexibility index (Phi) is 4.37. The maximum atomic E-state index is 12.3. The number of benzene rings is 2. The Labute approximate surface area is 139 Å². The maximum absolute atomic E-state index is 12.3. The molecule has 2 aromatic rings. The molecule has 0 bridgehead atoms. The molecule has 124 valence electrons. The molecule has 0 saturated carbocycles. The Hall–Kier alpha value is -3.02. The number of phenolic OH excluding ortho intramolecular Hbond substituents is 1. The molecule has 24 heavy (non-hydrogen) atoms. The summed E-state index contributed by atoms with van der Waals surface area (Å²) in [4.78, 5) is 17.6. The summed E-state index contributed by atoms with van der Waals surface area (Å²) in [5.74, 6) is 0.425. The molecule has 0 spiro atoms. The summed E-state index contributed by atoms with van der Waals surface area (Å²) in [6.07, 6.45) is -0.355. The minimum absolute atomic E-state index is 0.0169. The molecular formula is C18H18N2O4. The Balaban J connectivity index is 1.65. The number of ether oxygens (including phenoxy) is 1. The normalized spacial score (nSPS) is 16.2. The van der Waals surface area contributed by atoms with Crippen LogP contribution in [0.1, 0.15) is 17.5 Å². The lowest BCUT2D eigenvalue weighted by Gasteiger charge is -2.11. The summed E-state index contributed by atoms with van der Waals surface area (Å²) in [5, 5.41) is 16.5. The van der Waals surface area contributed by atoms with E-state index in [0.29, 0.717) is 17.8 Å². The molecule has 1 atom stereocenters. The molecule has 1 aliphatic rings. The second-order valence-corrected chi connectivity index (χ2v) is 5.57. The number of rotatable bonds is 4. The van der Waals surface area contributed by atoms with Crippen molar-refractivity contribution in [3.05, 3.63) is 53.6 Å². The average molecular weight is 326 g/mol. The van der Waals surface area contributed by atoms with E-state index >= 15 is 0 Å². The molecule has 2 N–H and O–H groups in total. The molecule has 1 aliphatic heterocycles. The molecule has 1 amide bonds. The number of oxime groups is 1. The van der Waals surface area contributed by atoms with Gasteiger partial charge in [-0.25, -0.2) is 0 Å². The van der Waals surface area contributed by atoms with Crippen LogP contribution in [-0.4, -0.2) is 29.9 Å². The monoisotopic (exact) mass is 326 g/mol. The third kappa shape index (κ3) is 3.32. The number of aryl methyl sites for hydroxylation is 1. The third-order valence-electron chi connectivity index (χ3n) is 3.79. The zero-order valence-electron chi connectivity index (χ0n) is 13.4. The number of nitrogens with one attached hydrogen (secondary N) is 1. The Bertz CT molecular complexity index is 784. The van der Waals surface area contributed by atoms with E-state index in [0.717, 1.165) is 16.9 Å². The smallest absolute Gasteiger partial charge is 0.268 e. The summed E-state index contributed by atoms with van der Waals surface area (Å²) in [5.41, 5.74) is 2.88. The molecule has 1 heterocycles. The topological polar surface area (TPSA) is 80.2 Å². The number of anilines is 1. The van der Waals surface area contributed by atoms with Crippen LogP contribution in [0.25, 0.3) is 0 Å². The number of phenols is 1. The van der Waals surface area contributed by atoms with Crippen LogP contribution in [0.15, 0.2) is 47.6 Å². The average Bonchev–Trinajstić information content (AvgIpc) is 3.08. The zero-order valence-corrected chi connectivity index (χ0v) is 13.4. The van der Waals surface area contributed by atoms with Crippen LogP contribution < -0.4 is 10.1 Å². The van der Waals surface area contributed by atoms with Crippen LogP contribution in [-0.2, 0) is 9.63 Å². The summed E-state index contributed by atoms with van der Waals surface area (Å²) < 4.78 is 5.12. The van der Waals surface area contributed by atoms with Gasteiger partial charge in [0.2, 0.25) is 6.10 Å². The first kappa shape index (κ1) is 15.9. The molecule has 3 rings (SSSR count). The van der Waals surface area contributed by atoms with Crippen molar-refractivity contribution in [2.75, 3.05) is 12.4 Å². The fourth-order valence-corrected chi connectivity index (χ4v) is 2.44. The van der Waals surface area contributed by atoms with E-state index in [1.54, 1.807) is 25.3 Å². The highest BCUT2D eigenvalue weighted by molar-refractivity contribution is 6.06. The van der Waals surface area contributed by atoms with E-state index in [1.807, 2.05) is 31.2 Å². The van der Waals surface area contributed by atoms with Crippen molar-refractivity contribution >= 4 is 17.3 Å². The van der Waals surface area contributed by atoms with Crippen LogP contribution >= 0.6 is 0 Å². The van der Waals surface area contributed by atoms with Gasteiger partial charge >= 0.3 is 0 Å². The van der Waals surface area contributed by atoms with Crippen molar-refractivity contribution in [3.63, 3.8) is 0 Å². The van der Waals surface area contributed by atoms with Gasteiger partial charge in [-0.2, -0.15) is 0 Å². The largest absolute Gasteiger partial charge is 0.506 e. The number of amides is 1.